The Morgan fingerprint density at radius 2 is 1.57 bits per heavy atom. The summed E-state index contributed by atoms with van der Waals surface area (Å²) in [4.78, 5) is 2.48. The van der Waals surface area contributed by atoms with Crippen LogP contribution in [0, 0.1) is 0 Å². The summed E-state index contributed by atoms with van der Waals surface area (Å²) in [6.07, 6.45) is 0. The van der Waals surface area contributed by atoms with Crippen LogP contribution in [0.1, 0.15) is 27.7 Å². The van der Waals surface area contributed by atoms with E-state index in [1.807, 2.05) is 0 Å². The van der Waals surface area contributed by atoms with Crippen LogP contribution in [0.3, 0.4) is 0 Å². The molecule has 0 aliphatic heterocycles. The van der Waals surface area contributed by atoms with Gasteiger partial charge in [0.2, 0.25) is 10.0 Å². The first-order chi connectivity index (χ1) is 9.24. The molecule has 0 saturated heterocycles. The summed E-state index contributed by atoms with van der Waals surface area (Å²) in [6, 6.07) is 6.93. The van der Waals surface area contributed by atoms with Crippen molar-refractivity contribution in [2.24, 2.45) is 0 Å². The van der Waals surface area contributed by atoms with Crippen molar-refractivity contribution in [3.63, 3.8) is 0 Å². The Morgan fingerprint density at radius 1 is 1.10 bits per heavy atom. The van der Waals surface area contributed by atoms with E-state index in [9.17, 15) is 8.42 Å². The van der Waals surface area contributed by atoms with Gasteiger partial charge in [-0.3, -0.25) is 4.90 Å². The Bertz CT molecular complexity index is 508. The zero-order chi connectivity index (χ0) is 15.3. The number of benzene rings is 1. The van der Waals surface area contributed by atoms with Crippen molar-refractivity contribution in [2.75, 3.05) is 13.1 Å². The molecular formula is C14H23Cl2N2O2S-. The highest BCUT2D eigenvalue weighted by Gasteiger charge is 2.16. The van der Waals surface area contributed by atoms with Crippen molar-refractivity contribution >= 4 is 21.6 Å². The summed E-state index contributed by atoms with van der Waals surface area (Å²) in [7, 11) is -3.46. The Labute approximate surface area is 139 Å². The highest BCUT2D eigenvalue weighted by molar-refractivity contribution is 7.89. The predicted octanol–water partition coefficient (Wildman–Crippen LogP) is -0.259. The van der Waals surface area contributed by atoms with Crippen molar-refractivity contribution in [3.05, 3.63) is 29.3 Å². The van der Waals surface area contributed by atoms with Crippen LogP contribution in [0.15, 0.2) is 29.2 Å². The largest absolute Gasteiger partial charge is 1.00 e. The third kappa shape index (κ3) is 6.53. The van der Waals surface area contributed by atoms with Crippen molar-refractivity contribution in [1.82, 2.24) is 9.62 Å². The highest BCUT2D eigenvalue weighted by Crippen LogP contribution is 2.13. The highest BCUT2D eigenvalue weighted by atomic mass is 35.5. The van der Waals surface area contributed by atoms with Crippen LogP contribution in [0.5, 0.6) is 0 Å². The van der Waals surface area contributed by atoms with Gasteiger partial charge < -0.3 is 12.4 Å². The van der Waals surface area contributed by atoms with Gasteiger partial charge in [-0.2, -0.15) is 0 Å². The molecule has 0 bridgehead atoms. The van der Waals surface area contributed by atoms with Crippen LogP contribution in [0.4, 0.5) is 0 Å². The lowest BCUT2D eigenvalue weighted by Gasteiger charge is -2.30. The SMILES string of the molecule is CC(C)N(CCNS(=O)(=O)c1ccc(Cl)cc1)C(C)C.[Cl-]. The number of halogens is 2. The van der Waals surface area contributed by atoms with E-state index in [4.69, 9.17) is 11.6 Å². The fraction of sp³-hybridized carbons (Fsp3) is 0.571. The van der Waals surface area contributed by atoms with Gasteiger partial charge in [-0.1, -0.05) is 11.6 Å². The molecule has 0 atom stereocenters. The van der Waals surface area contributed by atoms with Gasteiger partial charge in [0, 0.05) is 30.2 Å². The van der Waals surface area contributed by atoms with Crippen molar-refractivity contribution in [1.29, 1.82) is 0 Å². The summed E-state index contributed by atoms with van der Waals surface area (Å²) in [5.41, 5.74) is 0. The van der Waals surface area contributed by atoms with E-state index in [2.05, 4.69) is 37.3 Å². The van der Waals surface area contributed by atoms with Gasteiger partial charge >= 0.3 is 0 Å². The average Bonchev–Trinajstić information content (AvgIpc) is 2.34. The average molecular weight is 354 g/mol. The molecule has 0 spiro atoms. The molecule has 0 radical (unpaired) electrons. The fourth-order valence-corrected chi connectivity index (χ4v) is 3.27. The smallest absolute Gasteiger partial charge is 0.240 e. The third-order valence-corrected chi connectivity index (χ3v) is 4.84. The minimum atomic E-state index is -3.46. The van der Waals surface area contributed by atoms with Crippen LogP contribution in [-0.2, 0) is 10.0 Å². The Hall–Kier alpha value is -0.330. The maximum absolute atomic E-state index is 12.1. The summed E-state index contributed by atoms with van der Waals surface area (Å²) < 4.78 is 26.8. The van der Waals surface area contributed by atoms with E-state index in [0.717, 1.165) is 0 Å². The summed E-state index contributed by atoms with van der Waals surface area (Å²) in [5, 5.41) is 0.523. The number of rotatable bonds is 7. The van der Waals surface area contributed by atoms with Crippen LogP contribution < -0.4 is 17.1 Å². The molecule has 1 rings (SSSR count). The summed E-state index contributed by atoms with van der Waals surface area (Å²) >= 11 is 5.76. The van der Waals surface area contributed by atoms with Crippen LogP contribution >= 0.6 is 11.6 Å². The molecule has 7 heteroatoms. The first-order valence-corrected chi connectivity index (χ1v) is 8.61. The molecule has 122 valence electrons. The Kier molecular flexibility index (Phi) is 8.81. The van der Waals surface area contributed by atoms with E-state index in [-0.39, 0.29) is 17.3 Å². The molecule has 1 aromatic carbocycles. The quantitative estimate of drug-likeness (QED) is 0.734. The van der Waals surface area contributed by atoms with E-state index >= 15 is 0 Å². The molecule has 0 aromatic heterocycles. The van der Waals surface area contributed by atoms with Crippen LogP contribution in [-0.4, -0.2) is 38.5 Å². The molecule has 0 amide bonds. The van der Waals surface area contributed by atoms with Crippen molar-refractivity contribution in [3.8, 4) is 0 Å². The molecule has 1 N–H and O–H groups in total. The van der Waals surface area contributed by atoms with Crippen molar-refractivity contribution in [2.45, 2.75) is 44.7 Å². The lowest BCUT2D eigenvalue weighted by atomic mass is 10.2. The maximum Gasteiger partial charge on any atom is 0.240 e. The Morgan fingerprint density at radius 3 is 2.00 bits per heavy atom. The number of hydrogen-bond acceptors (Lipinski definition) is 3. The van der Waals surface area contributed by atoms with Gasteiger partial charge in [-0.25, -0.2) is 13.1 Å². The zero-order valence-corrected chi connectivity index (χ0v) is 15.1. The van der Waals surface area contributed by atoms with Crippen LogP contribution in [0.25, 0.3) is 0 Å². The summed E-state index contributed by atoms with van der Waals surface area (Å²) in [5.74, 6) is 0. The molecular weight excluding hydrogens is 331 g/mol. The number of hydrogen-bond donors (Lipinski definition) is 1. The molecule has 1 aromatic rings. The standard InChI is InChI=1S/C14H23ClN2O2S.ClH/c1-11(2)17(12(3)4)10-9-16-20(18,19)14-7-5-13(15)6-8-14;/h5-8,11-12,16H,9-10H2,1-4H3;1H/p-1. The van der Waals surface area contributed by atoms with Gasteiger partial charge in [0.15, 0.2) is 0 Å². The first kappa shape index (κ1) is 20.7. The molecule has 0 unspecified atom stereocenters. The predicted molar refractivity (Wildman–Crippen MR) is 83.6 cm³/mol. The molecule has 0 saturated carbocycles. The second kappa shape index (κ2) is 8.96. The third-order valence-electron chi connectivity index (χ3n) is 3.11. The minimum absolute atomic E-state index is 0. The second-order valence-electron chi connectivity index (χ2n) is 5.28. The van der Waals surface area contributed by atoms with Gasteiger partial charge in [0.25, 0.3) is 0 Å². The van der Waals surface area contributed by atoms with Gasteiger partial charge in [-0.15, -0.1) is 0 Å². The topological polar surface area (TPSA) is 49.4 Å². The molecule has 4 nitrogen and oxygen atoms in total. The molecule has 0 aliphatic rings. The first-order valence-electron chi connectivity index (χ1n) is 6.75. The number of nitrogens with one attached hydrogen (secondary N) is 1. The van der Waals surface area contributed by atoms with Gasteiger partial charge in [0.05, 0.1) is 4.90 Å². The van der Waals surface area contributed by atoms with Crippen LogP contribution in [0.2, 0.25) is 5.02 Å². The van der Waals surface area contributed by atoms with E-state index in [1.54, 1.807) is 12.1 Å². The molecule has 0 aliphatic carbocycles. The maximum atomic E-state index is 12.1. The van der Waals surface area contributed by atoms with E-state index in [1.165, 1.54) is 12.1 Å². The van der Waals surface area contributed by atoms with E-state index < -0.39 is 10.0 Å². The van der Waals surface area contributed by atoms with Crippen molar-refractivity contribution < 1.29 is 20.8 Å². The number of sulfonamides is 1. The minimum Gasteiger partial charge on any atom is -1.00 e. The van der Waals surface area contributed by atoms with E-state index in [0.29, 0.717) is 30.2 Å². The normalized spacial score (nSPS) is 12.0. The fourth-order valence-electron chi connectivity index (χ4n) is 2.12. The molecule has 21 heavy (non-hydrogen) atoms. The summed E-state index contributed by atoms with van der Waals surface area (Å²) in [6.45, 7) is 9.49. The lowest BCUT2D eigenvalue weighted by Crippen LogP contribution is -3.00. The van der Waals surface area contributed by atoms with Gasteiger partial charge in [-0.05, 0) is 52.0 Å². The second-order valence-corrected chi connectivity index (χ2v) is 7.48. The monoisotopic (exact) mass is 353 g/mol. The molecule has 0 fully saturated rings. The molecule has 0 heterocycles. The number of nitrogens with zero attached hydrogens (tertiary/aromatic N) is 1. The zero-order valence-electron chi connectivity index (χ0n) is 12.8. The van der Waals surface area contributed by atoms with Gasteiger partial charge in [0.1, 0.15) is 0 Å². The Balaban J connectivity index is 0.00000400. The lowest BCUT2D eigenvalue weighted by molar-refractivity contribution is -0.00000731.